The molecule has 0 radical (unpaired) electrons. The van der Waals surface area contributed by atoms with Gasteiger partial charge >= 0.3 is 0 Å². The Labute approximate surface area is 175 Å². The molecule has 0 aliphatic carbocycles. The molecule has 1 aliphatic heterocycles. The van der Waals surface area contributed by atoms with E-state index in [1.54, 1.807) is 0 Å². The van der Waals surface area contributed by atoms with E-state index in [4.69, 9.17) is 4.74 Å². The first-order chi connectivity index (χ1) is 14.7. The number of aromatic nitrogens is 2. The molecule has 5 heteroatoms. The number of ether oxygens (including phenoxy) is 1. The van der Waals surface area contributed by atoms with Gasteiger partial charge in [0.05, 0.1) is 30.2 Å². The van der Waals surface area contributed by atoms with Crippen LogP contribution in [0.4, 0.5) is 5.82 Å². The Bertz CT molecular complexity index is 1250. The molecule has 3 aromatic carbocycles. The third-order valence-corrected chi connectivity index (χ3v) is 5.81. The van der Waals surface area contributed by atoms with Gasteiger partial charge in [-0.3, -0.25) is 0 Å². The number of hydrogen-bond donors (Lipinski definition) is 0. The van der Waals surface area contributed by atoms with Crippen LogP contribution >= 0.6 is 0 Å². The van der Waals surface area contributed by atoms with Gasteiger partial charge in [-0.1, -0.05) is 36.4 Å². The summed E-state index contributed by atoms with van der Waals surface area (Å²) in [6, 6.07) is 22.5. The molecule has 148 valence electrons. The van der Waals surface area contributed by atoms with Crippen molar-refractivity contribution in [2.75, 3.05) is 11.4 Å². The van der Waals surface area contributed by atoms with Crippen molar-refractivity contribution in [2.45, 2.75) is 18.9 Å². The highest BCUT2D eigenvalue weighted by Crippen LogP contribution is 2.42. The van der Waals surface area contributed by atoms with Crippen molar-refractivity contribution in [1.29, 1.82) is 5.26 Å². The molecule has 2 heterocycles. The fourth-order valence-electron chi connectivity index (χ4n) is 4.40. The zero-order chi connectivity index (χ0) is 20.5. The van der Waals surface area contributed by atoms with Gasteiger partial charge in [0.25, 0.3) is 0 Å². The van der Waals surface area contributed by atoms with Crippen molar-refractivity contribution in [1.82, 2.24) is 9.55 Å². The van der Waals surface area contributed by atoms with Crippen LogP contribution in [-0.2, 0) is 7.05 Å². The summed E-state index contributed by atoms with van der Waals surface area (Å²) >= 11 is 0. The van der Waals surface area contributed by atoms with Crippen LogP contribution in [0.5, 0.6) is 11.5 Å². The van der Waals surface area contributed by atoms with E-state index in [1.807, 2.05) is 66.6 Å². The number of fused-ring (bicyclic) bond motifs is 1. The fraction of sp³-hybridized carbons (Fsp3) is 0.200. The highest BCUT2D eigenvalue weighted by Gasteiger charge is 2.32. The van der Waals surface area contributed by atoms with Crippen LogP contribution in [0.25, 0.3) is 10.8 Å². The topological polar surface area (TPSA) is 54.1 Å². The first kappa shape index (κ1) is 18.3. The summed E-state index contributed by atoms with van der Waals surface area (Å²) in [5.74, 6) is 2.57. The van der Waals surface area contributed by atoms with Crippen LogP contribution < -0.4 is 9.64 Å². The second-order valence-electron chi connectivity index (χ2n) is 7.65. The zero-order valence-electron chi connectivity index (χ0n) is 16.8. The third kappa shape index (κ3) is 3.17. The average Bonchev–Trinajstić information content (AvgIpc) is 3.42. The number of hydrogen-bond acceptors (Lipinski definition) is 4. The van der Waals surface area contributed by atoms with E-state index in [2.05, 4.69) is 34.2 Å². The number of aryl methyl sites for hydroxylation is 1. The van der Waals surface area contributed by atoms with Crippen molar-refractivity contribution in [3.05, 3.63) is 84.3 Å². The van der Waals surface area contributed by atoms with Crippen molar-refractivity contribution >= 4 is 16.6 Å². The van der Waals surface area contributed by atoms with Crippen LogP contribution in [-0.4, -0.2) is 16.1 Å². The van der Waals surface area contributed by atoms with Gasteiger partial charge in [0.2, 0.25) is 0 Å². The summed E-state index contributed by atoms with van der Waals surface area (Å²) in [4.78, 5) is 6.61. The van der Waals surface area contributed by atoms with E-state index in [1.165, 1.54) is 5.39 Å². The Hall–Kier alpha value is -3.78. The molecule has 1 atom stereocenters. The Morgan fingerprint density at radius 3 is 2.73 bits per heavy atom. The summed E-state index contributed by atoms with van der Waals surface area (Å²) in [5, 5.41) is 12.1. The smallest absolute Gasteiger partial charge is 0.134 e. The van der Waals surface area contributed by atoms with E-state index in [0.29, 0.717) is 5.56 Å². The minimum Gasteiger partial charge on any atom is -0.457 e. The molecule has 1 aliphatic rings. The molecule has 5 nitrogen and oxygen atoms in total. The molecule has 4 aromatic rings. The lowest BCUT2D eigenvalue weighted by atomic mass is 9.97. The summed E-state index contributed by atoms with van der Waals surface area (Å²) in [6.45, 7) is 0.930. The first-order valence-electron chi connectivity index (χ1n) is 10.2. The Kier molecular flexibility index (Phi) is 4.61. The lowest BCUT2D eigenvalue weighted by molar-refractivity contribution is 0.469. The van der Waals surface area contributed by atoms with Crippen molar-refractivity contribution in [2.24, 2.45) is 7.05 Å². The van der Waals surface area contributed by atoms with Crippen molar-refractivity contribution in [3.8, 4) is 17.6 Å². The highest BCUT2D eigenvalue weighted by molar-refractivity contribution is 5.83. The fourth-order valence-corrected chi connectivity index (χ4v) is 4.40. The highest BCUT2D eigenvalue weighted by atomic mass is 16.5. The van der Waals surface area contributed by atoms with Crippen molar-refractivity contribution < 1.29 is 4.74 Å². The molecular weight excluding hydrogens is 372 g/mol. The van der Waals surface area contributed by atoms with Gasteiger partial charge in [-0.05, 0) is 47.9 Å². The van der Waals surface area contributed by atoms with E-state index in [9.17, 15) is 5.26 Å². The first-order valence-corrected chi connectivity index (χ1v) is 10.2. The van der Waals surface area contributed by atoms with Gasteiger partial charge in [-0.2, -0.15) is 5.26 Å². The molecule has 0 bridgehead atoms. The number of imidazole rings is 1. The maximum atomic E-state index is 9.84. The lowest BCUT2D eigenvalue weighted by Gasteiger charge is -2.28. The predicted molar refractivity (Wildman–Crippen MR) is 118 cm³/mol. The molecule has 1 fully saturated rings. The number of nitriles is 1. The molecule has 0 amide bonds. The number of benzene rings is 3. The summed E-state index contributed by atoms with van der Waals surface area (Å²) in [6.07, 6.45) is 5.73. The molecule has 0 saturated carbocycles. The van der Waals surface area contributed by atoms with Crippen LogP contribution in [0, 0.1) is 11.3 Å². The molecule has 1 saturated heterocycles. The number of rotatable bonds is 4. The monoisotopic (exact) mass is 394 g/mol. The van der Waals surface area contributed by atoms with E-state index >= 15 is 0 Å². The van der Waals surface area contributed by atoms with Crippen LogP contribution in [0.3, 0.4) is 0 Å². The van der Waals surface area contributed by atoms with Gasteiger partial charge in [-0.15, -0.1) is 0 Å². The standard InChI is InChI=1S/C25H22N4O/c1-28-17-27-16-24(28)29-13-5-9-22(29)25-20(15-26)8-4-10-23(25)30-21-12-11-18-6-2-3-7-19(18)14-21/h2-4,6-8,10-12,14,16-17,22H,5,9,13H2,1H3/t22-/m1/s1. The quantitative estimate of drug-likeness (QED) is 0.453. The van der Waals surface area contributed by atoms with Crippen LogP contribution in [0.15, 0.2) is 73.2 Å². The Balaban J connectivity index is 1.56. The SMILES string of the molecule is Cn1cncc1N1CCC[C@@H]1c1c(C#N)cccc1Oc1ccc2ccccc2c1. The molecule has 5 rings (SSSR count). The normalized spacial score (nSPS) is 16.0. The third-order valence-electron chi connectivity index (χ3n) is 5.81. The minimum atomic E-state index is 0.0757. The molecule has 0 unspecified atom stereocenters. The Morgan fingerprint density at radius 2 is 1.93 bits per heavy atom. The second kappa shape index (κ2) is 7.57. The average molecular weight is 394 g/mol. The lowest BCUT2D eigenvalue weighted by Crippen LogP contribution is -2.25. The maximum Gasteiger partial charge on any atom is 0.134 e. The number of anilines is 1. The van der Waals surface area contributed by atoms with Gasteiger partial charge in [0.1, 0.15) is 17.3 Å². The minimum absolute atomic E-state index is 0.0757. The predicted octanol–water partition coefficient (Wildman–Crippen LogP) is 5.58. The number of nitrogens with zero attached hydrogens (tertiary/aromatic N) is 4. The molecule has 30 heavy (non-hydrogen) atoms. The summed E-state index contributed by atoms with van der Waals surface area (Å²) < 4.78 is 8.39. The second-order valence-corrected chi connectivity index (χ2v) is 7.65. The molecule has 0 spiro atoms. The van der Waals surface area contributed by atoms with E-state index < -0.39 is 0 Å². The van der Waals surface area contributed by atoms with Crippen LogP contribution in [0.1, 0.15) is 30.0 Å². The summed E-state index contributed by atoms with van der Waals surface area (Å²) in [5.41, 5.74) is 1.61. The zero-order valence-corrected chi connectivity index (χ0v) is 16.8. The van der Waals surface area contributed by atoms with Crippen LogP contribution in [0.2, 0.25) is 0 Å². The maximum absolute atomic E-state index is 9.84. The van der Waals surface area contributed by atoms with E-state index in [0.717, 1.165) is 47.7 Å². The molecule has 0 N–H and O–H groups in total. The van der Waals surface area contributed by atoms with Crippen molar-refractivity contribution in [3.63, 3.8) is 0 Å². The van der Waals surface area contributed by atoms with Gasteiger partial charge < -0.3 is 14.2 Å². The van der Waals surface area contributed by atoms with E-state index in [-0.39, 0.29) is 6.04 Å². The molecule has 1 aromatic heterocycles. The van der Waals surface area contributed by atoms with Gasteiger partial charge in [0.15, 0.2) is 0 Å². The van der Waals surface area contributed by atoms with Gasteiger partial charge in [-0.25, -0.2) is 4.98 Å². The summed E-state index contributed by atoms with van der Waals surface area (Å²) in [7, 11) is 2.00. The molecular formula is C25H22N4O. The Morgan fingerprint density at radius 1 is 1.07 bits per heavy atom. The van der Waals surface area contributed by atoms with Gasteiger partial charge in [0, 0.05) is 19.2 Å². The largest absolute Gasteiger partial charge is 0.457 e.